The van der Waals surface area contributed by atoms with Gasteiger partial charge in [0.25, 0.3) is 0 Å². The number of amides is 1. The van der Waals surface area contributed by atoms with E-state index in [2.05, 4.69) is 10.2 Å². The zero-order valence-corrected chi connectivity index (χ0v) is 13.8. The third-order valence-electron chi connectivity index (χ3n) is 3.44. The van der Waals surface area contributed by atoms with Crippen molar-refractivity contribution in [1.82, 2.24) is 10.2 Å². The lowest BCUT2D eigenvalue weighted by Crippen LogP contribution is -2.52. The van der Waals surface area contributed by atoms with Crippen LogP contribution in [-0.2, 0) is 16.0 Å². The minimum Gasteiger partial charge on any atom is -0.468 e. The zero-order chi connectivity index (χ0) is 16.2. The van der Waals surface area contributed by atoms with Crippen LogP contribution in [0.2, 0.25) is 0 Å². The lowest BCUT2D eigenvalue weighted by atomic mass is 10.1. The maximum absolute atomic E-state index is 11.8. The number of rotatable bonds is 4. The van der Waals surface area contributed by atoms with Crippen LogP contribution in [0.15, 0.2) is 22.8 Å². The summed E-state index contributed by atoms with van der Waals surface area (Å²) in [5.74, 6) is 0.938. The molecule has 6 heteroatoms. The Morgan fingerprint density at radius 1 is 1.55 bits per heavy atom. The normalized spacial score (nSPS) is 21.4. The van der Waals surface area contributed by atoms with Gasteiger partial charge in [0.15, 0.2) is 0 Å². The van der Waals surface area contributed by atoms with E-state index in [0.717, 1.165) is 25.4 Å². The number of ether oxygens (including phenoxy) is 2. The number of carbonyl (C=O) groups excluding carboxylic acids is 1. The molecule has 2 atom stereocenters. The van der Waals surface area contributed by atoms with Gasteiger partial charge < -0.3 is 19.2 Å². The van der Waals surface area contributed by atoms with Crippen LogP contribution in [0, 0.1) is 0 Å². The summed E-state index contributed by atoms with van der Waals surface area (Å²) in [6.45, 7) is 10.5. The van der Waals surface area contributed by atoms with Gasteiger partial charge in [0.1, 0.15) is 11.4 Å². The summed E-state index contributed by atoms with van der Waals surface area (Å²) in [7, 11) is 0. The molecule has 1 N–H and O–H groups in total. The molecule has 22 heavy (non-hydrogen) atoms. The highest BCUT2D eigenvalue weighted by atomic mass is 16.6. The molecule has 0 radical (unpaired) electrons. The number of carbonyl (C=O) groups is 1. The molecule has 1 aliphatic heterocycles. The van der Waals surface area contributed by atoms with Gasteiger partial charge in [0, 0.05) is 13.1 Å². The predicted molar refractivity (Wildman–Crippen MR) is 82.6 cm³/mol. The SMILES string of the molecule is C[C@@H](NC(=O)OC(C)(C)C)[C@H]1CN(Cc2ccco2)CCO1. The second-order valence-electron chi connectivity index (χ2n) is 6.66. The summed E-state index contributed by atoms with van der Waals surface area (Å²) in [6, 6.07) is 3.74. The molecule has 0 aliphatic carbocycles. The van der Waals surface area contributed by atoms with Gasteiger partial charge in [-0.25, -0.2) is 4.79 Å². The monoisotopic (exact) mass is 310 g/mol. The van der Waals surface area contributed by atoms with Crippen molar-refractivity contribution in [3.63, 3.8) is 0 Å². The fourth-order valence-electron chi connectivity index (χ4n) is 2.39. The second-order valence-corrected chi connectivity index (χ2v) is 6.66. The number of nitrogens with zero attached hydrogens (tertiary/aromatic N) is 1. The first-order chi connectivity index (χ1) is 10.3. The largest absolute Gasteiger partial charge is 0.468 e. The highest BCUT2D eigenvalue weighted by Gasteiger charge is 2.28. The van der Waals surface area contributed by atoms with E-state index >= 15 is 0 Å². The van der Waals surface area contributed by atoms with E-state index < -0.39 is 11.7 Å². The maximum Gasteiger partial charge on any atom is 0.407 e. The Hall–Kier alpha value is -1.53. The molecule has 0 unspecified atom stereocenters. The molecule has 0 bridgehead atoms. The highest BCUT2D eigenvalue weighted by molar-refractivity contribution is 5.68. The van der Waals surface area contributed by atoms with E-state index in [1.807, 2.05) is 39.8 Å². The van der Waals surface area contributed by atoms with Crippen LogP contribution in [0.3, 0.4) is 0 Å². The first-order valence-corrected chi connectivity index (χ1v) is 7.69. The first kappa shape index (κ1) is 16.8. The van der Waals surface area contributed by atoms with Crippen molar-refractivity contribution in [3.8, 4) is 0 Å². The Balaban J connectivity index is 1.82. The van der Waals surface area contributed by atoms with E-state index in [1.165, 1.54) is 0 Å². The molecule has 1 aromatic rings. The maximum atomic E-state index is 11.8. The van der Waals surface area contributed by atoms with Gasteiger partial charge in [-0.3, -0.25) is 4.90 Å². The Morgan fingerprint density at radius 2 is 2.32 bits per heavy atom. The van der Waals surface area contributed by atoms with Gasteiger partial charge in [-0.05, 0) is 39.8 Å². The second kappa shape index (κ2) is 7.15. The average Bonchev–Trinajstić information content (AvgIpc) is 2.89. The Morgan fingerprint density at radius 3 is 2.95 bits per heavy atom. The Bertz CT molecular complexity index is 467. The van der Waals surface area contributed by atoms with E-state index in [4.69, 9.17) is 13.9 Å². The van der Waals surface area contributed by atoms with Gasteiger partial charge in [-0.2, -0.15) is 0 Å². The van der Waals surface area contributed by atoms with Crippen LogP contribution in [-0.4, -0.2) is 48.4 Å². The fourth-order valence-corrected chi connectivity index (χ4v) is 2.39. The zero-order valence-electron chi connectivity index (χ0n) is 13.8. The quantitative estimate of drug-likeness (QED) is 0.925. The number of morpholine rings is 1. The number of hydrogen-bond donors (Lipinski definition) is 1. The molecule has 0 saturated carbocycles. The van der Waals surface area contributed by atoms with Crippen molar-refractivity contribution < 1.29 is 18.7 Å². The average molecular weight is 310 g/mol. The number of alkyl carbamates (subject to hydrolysis) is 1. The molecule has 1 aliphatic rings. The van der Waals surface area contributed by atoms with E-state index in [0.29, 0.717) is 6.61 Å². The summed E-state index contributed by atoms with van der Waals surface area (Å²) in [5, 5.41) is 2.85. The van der Waals surface area contributed by atoms with E-state index in [9.17, 15) is 4.79 Å². The van der Waals surface area contributed by atoms with Crippen LogP contribution in [0.1, 0.15) is 33.5 Å². The van der Waals surface area contributed by atoms with Crippen LogP contribution in [0.25, 0.3) is 0 Å². The van der Waals surface area contributed by atoms with Crippen LogP contribution in [0.4, 0.5) is 4.79 Å². The Labute approximate surface area is 131 Å². The van der Waals surface area contributed by atoms with E-state index in [-0.39, 0.29) is 12.1 Å². The van der Waals surface area contributed by atoms with Crippen LogP contribution in [0.5, 0.6) is 0 Å². The molecule has 0 aromatic carbocycles. The summed E-state index contributed by atoms with van der Waals surface area (Å²) in [5.41, 5.74) is -0.497. The molecule has 1 aromatic heterocycles. The molecular formula is C16H26N2O4. The summed E-state index contributed by atoms with van der Waals surface area (Å²) < 4.78 is 16.4. The lowest BCUT2D eigenvalue weighted by molar-refractivity contribution is -0.0488. The minimum atomic E-state index is -0.497. The van der Waals surface area contributed by atoms with Crippen molar-refractivity contribution >= 4 is 6.09 Å². The Kier molecular flexibility index (Phi) is 5.47. The molecule has 0 spiro atoms. The molecule has 2 heterocycles. The topological polar surface area (TPSA) is 63.9 Å². The summed E-state index contributed by atoms with van der Waals surface area (Å²) in [6.07, 6.45) is 1.21. The van der Waals surface area contributed by atoms with Gasteiger partial charge in [0.2, 0.25) is 0 Å². The fraction of sp³-hybridized carbons (Fsp3) is 0.688. The highest BCUT2D eigenvalue weighted by Crippen LogP contribution is 2.14. The number of furan rings is 1. The van der Waals surface area contributed by atoms with Gasteiger partial charge in [-0.15, -0.1) is 0 Å². The molecule has 1 fully saturated rings. The van der Waals surface area contributed by atoms with Gasteiger partial charge in [0.05, 0.1) is 31.6 Å². The molecular weight excluding hydrogens is 284 g/mol. The van der Waals surface area contributed by atoms with E-state index in [1.54, 1.807) is 6.26 Å². The third-order valence-corrected chi connectivity index (χ3v) is 3.44. The molecule has 124 valence electrons. The number of hydrogen-bond acceptors (Lipinski definition) is 5. The smallest absolute Gasteiger partial charge is 0.407 e. The van der Waals surface area contributed by atoms with Crippen molar-refractivity contribution in [2.45, 2.75) is 52.0 Å². The van der Waals surface area contributed by atoms with Crippen LogP contribution >= 0.6 is 0 Å². The lowest BCUT2D eigenvalue weighted by Gasteiger charge is -2.35. The van der Waals surface area contributed by atoms with Crippen molar-refractivity contribution in [1.29, 1.82) is 0 Å². The van der Waals surface area contributed by atoms with Gasteiger partial charge >= 0.3 is 6.09 Å². The summed E-state index contributed by atoms with van der Waals surface area (Å²) >= 11 is 0. The summed E-state index contributed by atoms with van der Waals surface area (Å²) in [4.78, 5) is 14.1. The molecule has 2 rings (SSSR count). The standard InChI is InChI=1S/C16H26N2O4/c1-12(17-15(19)22-16(2,3)4)14-11-18(7-9-21-14)10-13-6-5-8-20-13/h5-6,8,12,14H,7,9-11H2,1-4H3,(H,17,19)/t12-,14-/m1/s1. The first-order valence-electron chi connectivity index (χ1n) is 7.69. The van der Waals surface area contributed by atoms with Crippen LogP contribution < -0.4 is 5.32 Å². The minimum absolute atomic E-state index is 0.0590. The third kappa shape index (κ3) is 5.35. The van der Waals surface area contributed by atoms with Crippen molar-refractivity contribution in [3.05, 3.63) is 24.2 Å². The molecule has 1 amide bonds. The van der Waals surface area contributed by atoms with Crippen molar-refractivity contribution in [2.75, 3.05) is 19.7 Å². The molecule has 1 saturated heterocycles. The predicted octanol–water partition coefficient (Wildman–Crippen LogP) is 2.39. The van der Waals surface area contributed by atoms with Crippen molar-refractivity contribution in [2.24, 2.45) is 0 Å². The number of nitrogens with one attached hydrogen (secondary N) is 1. The van der Waals surface area contributed by atoms with Gasteiger partial charge in [-0.1, -0.05) is 0 Å². The molecule has 6 nitrogen and oxygen atoms in total.